The number of aromatic nitrogens is 1. The van der Waals surface area contributed by atoms with E-state index >= 15 is 0 Å². The van der Waals surface area contributed by atoms with Crippen molar-refractivity contribution >= 4 is 16.7 Å². The lowest BCUT2D eigenvalue weighted by Gasteiger charge is -2.08. The number of benzene rings is 1. The summed E-state index contributed by atoms with van der Waals surface area (Å²) in [6.45, 7) is 1.38. The molecule has 2 heterocycles. The van der Waals surface area contributed by atoms with Gasteiger partial charge in [0, 0.05) is 17.9 Å². The molecule has 3 rings (SSSR count). The molecule has 82 valence electrons. The Morgan fingerprint density at radius 2 is 1.81 bits per heavy atom. The van der Waals surface area contributed by atoms with Crippen molar-refractivity contribution in [3.63, 3.8) is 0 Å². The van der Waals surface area contributed by atoms with E-state index in [1.807, 2.05) is 18.2 Å². The van der Waals surface area contributed by atoms with Crippen LogP contribution in [0.5, 0.6) is 11.5 Å². The molecular weight excluding hydrogens is 204 g/mol. The van der Waals surface area contributed by atoms with Gasteiger partial charge in [-0.15, -0.1) is 0 Å². The van der Waals surface area contributed by atoms with Crippen LogP contribution in [-0.4, -0.2) is 18.2 Å². The molecule has 0 bridgehead atoms. The van der Waals surface area contributed by atoms with Crippen molar-refractivity contribution in [1.29, 1.82) is 0 Å². The Balaban J connectivity index is 2.20. The van der Waals surface area contributed by atoms with Crippen LogP contribution in [0.15, 0.2) is 24.3 Å². The van der Waals surface area contributed by atoms with Crippen LogP contribution in [0.25, 0.3) is 10.9 Å². The van der Waals surface area contributed by atoms with E-state index in [0.29, 0.717) is 19.0 Å². The number of hydrogen-bond donors (Lipinski definition) is 1. The van der Waals surface area contributed by atoms with E-state index in [2.05, 4.69) is 4.98 Å². The van der Waals surface area contributed by atoms with Gasteiger partial charge >= 0.3 is 0 Å². The number of pyridine rings is 1. The molecule has 0 atom stereocenters. The molecule has 1 aromatic carbocycles. The maximum atomic E-state index is 5.65. The molecule has 0 aliphatic carbocycles. The van der Waals surface area contributed by atoms with Gasteiger partial charge in [-0.05, 0) is 18.2 Å². The van der Waals surface area contributed by atoms with Crippen molar-refractivity contribution in [2.24, 2.45) is 0 Å². The Morgan fingerprint density at radius 3 is 2.62 bits per heavy atom. The molecule has 4 nitrogen and oxygen atoms in total. The number of nitrogens with zero attached hydrogens (tertiary/aromatic N) is 1. The zero-order valence-electron chi connectivity index (χ0n) is 8.77. The van der Waals surface area contributed by atoms with Crippen LogP contribution in [0.4, 0.5) is 5.82 Å². The Hall–Kier alpha value is -1.97. The predicted molar refractivity (Wildman–Crippen MR) is 61.8 cm³/mol. The summed E-state index contributed by atoms with van der Waals surface area (Å²) in [7, 11) is 0. The second-order valence-electron chi connectivity index (χ2n) is 3.78. The van der Waals surface area contributed by atoms with Gasteiger partial charge in [0.05, 0.1) is 18.7 Å². The summed E-state index contributed by atoms with van der Waals surface area (Å²) in [5, 5.41) is 1.01. The van der Waals surface area contributed by atoms with E-state index < -0.39 is 0 Å². The SMILES string of the molecule is Nc1ccc2cc3c(cc2n1)OCCCO3. The minimum atomic E-state index is 0.516. The number of nitrogens with two attached hydrogens (primary N) is 1. The molecule has 1 aliphatic heterocycles. The average molecular weight is 216 g/mol. The van der Waals surface area contributed by atoms with Gasteiger partial charge in [-0.3, -0.25) is 0 Å². The normalized spacial score (nSPS) is 14.8. The van der Waals surface area contributed by atoms with Crippen molar-refractivity contribution in [3.05, 3.63) is 24.3 Å². The third-order valence-corrected chi connectivity index (χ3v) is 2.58. The summed E-state index contributed by atoms with van der Waals surface area (Å²) in [5.74, 6) is 2.06. The van der Waals surface area contributed by atoms with Crippen LogP contribution in [0.3, 0.4) is 0 Å². The molecule has 0 amide bonds. The summed E-state index contributed by atoms with van der Waals surface area (Å²) in [6.07, 6.45) is 0.903. The Labute approximate surface area is 93.0 Å². The van der Waals surface area contributed by atoms with E-state index in [0.717, 1.165) is 28.8 Å². The number of fused-ring (bicyclic) bond motifs is 2. The van der Waals surface area contributed by atoms with Crippen molar-refractivity contribution in [2.45, 2.75) is 6.42 Å². The molecule has 2 aromatic rings. The van der Waals surface area contributed by atoms with Crippen LogP contribution in [0.2, 0.25) is 0 Å². The quantitative estimate of drug-likeness (QED) is 0.731. The smallest absolute Gasteiger partial charge is 0.163 e. The zero-order valence-corrected chi connectivity index (χ0v) is 8.77. The number of hydrogen-bond acceptors (Lipinski definition) is 4. The number of nitrogen functional groups attached to an aromatic ring is 1. The Morgan fingerprint density at radius 1 is 1.06 bits per heavy atom. The first-order chi connectivity index (χ1) is 7.83. The van der Waals surface area contributed by atoms with Crippen LogP contribution in [-0.2, 0) is 0 Å². The van der Waals surface area contributed by atoms with E-state index in [-0.39, 0.29) is 0 Å². The van der Waals surface area contributed by atoms with Crippen LogP contribution < -0.4 is 15.2 Å². The van der Waals surface area contributed by atoms with Gasteiger partial charge in [-0.2, -0.15) is 0 Å². The van der Waals surface area contributed by atoms with Crippen molar-refractivity contribution in [2.75, 3.05) is 18.9 Å². The molecule has 1 aliphatic rings. The lowest BCUT2D eigenvalue weighted by Crippen LogP contribution is -1.97. The molecule has 0 saturated carbocycles. The second-order valence-corrected chi connectivity index (χ2v) is 3.78. The predicted octanol–water partition coefficient (Wildman–Crippen LogP) is 1.98. The third-order valence-electron chi connectivity index (χ3n) is 2.58. The third kappa shape index (κ3) is 1.52. The van der Waals surface area contributed by atoms with E-state index in [9.17, 15) is 0 Å². The first kappa shape index (κ1) is 9.27. The molecule has 4 heteroatoms. The van der Waals surface area contributed by atoms with E-state index in [1.165, 1.54) is 0 Å². The lowest BCUT2D eigenvalue weighted by atomic mass is 10.2. The lowest BCUT2D eigenvalue weighted by molar-refractivity contribution is 0.297. The number of anilines is 1. The fourth-order valence-electron chi connectivity index (χ4n) is 1.80. The van der Waals surface area contributed by atoms with Gasteiger partial charge in [0.15, 0.2) is 11.5 Å². The minimum Gasteiger partial charge on any atom is -0.490 e. The van der Waals surface area contributed by atoms with Crippen molar-refractivity contribution in [3.8, 4) is 11.5 Å². The molecule has 0 saturated heterocycles. The second kappa shape index (κ2) is 3.56. The van der Waals surface area contributed by atoms with E-state index in [4.69, 9.17) is 15.2 Å². The van der Waals surface area contributed by atoms with Gasteiger partial charge in [0.2, 0.25) is 0 Å². The maximum Gasteiger partial charge on any atom is 0.163 e. The van der Waals surface area contributed by atoms with Crippen LogP contribution in [0.1, 0.15) is 6.42 Å². The highest BCUT2D eigenvalue weighted by Gasteiger charge is 2.11. The number of ether oxygens (including phenoxy) is 2. The molecule has 0 radical (unpaired) electrons. The van der Waals surface area contributed by atoms with Crippen LogP contribution >= 0.6 is 0 Å². The zero-order chi connectivity index (χ0) is 11.0. The topological polar surface area (TPSA) is 57.4 Å². The summed E-state index contributed by atoms with van der Waals surface area (Å²) < 4.78 is 11.2. The average Bonchev–Trinajstić information content (AvgIpc) is 2.50. The largest absolute Gasteiger partial charge is 0.490 e. The van der Waals surface area contributed by atoms with Gasteiger partial charge in [-0.1, -0.05) is 0 Å². The summed E-state index contributed by atoms with van der Waals surface area (Å²) in [4.78, 5) is 4.26. The fraction of sp³-hybridized carbons (Fsp3) is 0.250. The van der Waals surface area contributed by atoms with Gasteiger partial charge in [0.1, 0.15) is 5.82 Å². The molecule has 0 spiro atoms. The highest BCUT2D eigenvalue weighted by Crippen LogP contribution is 2.33. The Bertz CT molecular complexity index is 540. The summed E-state index contributed by atoms with van der Waals surface area (Å²) in [6, 6.07) is 7.55. The maximum absolute atomic E-state index is 5.65. The molecule has 0 unspecified atom stereocenters. The minimum absolute atomic E-state index is 0.516. The fourth-order valence-corrected chi connectivity index (χ4v) is 1.80. The molecular formula is C12H12N2O2. The summed E-state index contributed by atoms with van der Waals surface area (Å²) >= 11 is 0. The molecule has 2 N–H and O–H groups in total. The first-order valence-electron chi connectivity index (χ1n) is 5.29. The number of rotatable bonds is 0. The standard InChI is InChI=1S/C12H12N2O2/c13-12-3-2-8-6-10-11(7-9(8)14-12)16-5-1-4-15-10/h2-3,6-7H,1,4-5H2,(H2,13,14). The summed E-state index contributed by atoms with van der Waals surface area (Å²) in [5.41, 5.74) is 6.48. The van der Waals surface area contributed by atoms with E-state index in [1.54, 1.807) is 6.07 Å². The van der Waals surface area contributed by atoms with Crippen molar-refractivity contribution in [1.82, 2.24) is 4.98 Å². The van der Waals surface area contributed by atoms with Crippen molar-refractivity contribution < 1.29 is 9.47 Å². The monoisotopic (exact) mass is 216 g/mol. The molecule has 1 aromatic heterocycles. The highest BCUT2D eigenvalue weighted by molar-refractivity contribution is 5.83. The van der Waals surface area contributed by atoms with Gasteiger partial charge in [-0.25, -0.2) is 4.98 Å². The molecule has 16 heavy (non-hydrogen) atoms. The van der Waals surface area contributed by atoms with Crippen LogP contribution in [0, 0.1) is 0 Å². The van der Waals surface area contributed by atoms with Gasteiger partial charge in [0.25, 0.3) is 0 Å². The highest BCUT2D eigenvalue weighted by atomic mass is 16.5. The van der Waals surface area contributed by atoms with Gasteiger partial charge < -0.3 is 15.2 Å². The Kier molecular flexibility index (Phi) is 2.06. The molecule has 0 fully saturated rings. The first-order valence-corrected chi connectivity index (χ1v) is 5.29.